The first-order chi connectivity index (χ1) is 4.50. The summed E-state index contributed by atoms with van der Waals surface area (Å²) in [5, 5.41) is 0.713. The molecule has 0 spiro atoms. The zero-order valence-electron chi connectivity index (χ0n) is 6.53. The molecule has 0 bridgehead atoms. The molecule has 1 aromatic rings. The van der Waals surface area contributed by atoms with Gasteiger partial charge in [0.05, 0.1) is 0 Å². The maximum Gasteiger partial charge on any atom is 0.106 e. The van der Waals surface area contributed by atoms with Crippen LogP contribution < -0.4 is 0 Å². The summed E-state index contributed by atoms with van der Waals surface area (Å²) in [4.78, 5) is 2.94. The Morgan fingerprint density at radius 2 is 2.00 bits per heavy atom. The number of rotatable bonds is 0. The molecule has 1 heterocycles. The minimum atomic E-state index is 0.198. The highest BCUT2D eigenvalue weighted by molar-refractivity contribution is 6.29. The fraction of sp³-hybridized carbons (Fsp3) is 0.500. The van der Waals surface area contributed by atoms with Crippen LogP contribution in [0.4, 0.5) is 0 Å². The number of hydrogen-bond acceptors (Lipinski definition) is 0. The van der Waals surface area contributed by atoms with Crippen molar-refractivity contribution in [3.63, 3.8) is 0 Å². The molecule has 1 N–H and O–H groups in total. The van der Waals surface area contributed by atoms with Crippen molar-refractivity contribution in [2.24, 2.45) is 0 Å². The van der Waals surface area contributed by atoms with E-state index in [1.165, 1.54) is 5.56 Å². The molecule has 0 saturated carbocycles. The van der Waals surface area contributed by atoms with Crippen molar-refractivity contribution in [1.82, 2.24) is 4.98 Å². The molecule has 2 heteroatoms. The van der Waals surface area contributed by atoms with E-state index in [0.717, 1.165) is 0 Å². The van der Waals surface area contributed by atoms with Gasteiger partial charge >= 0.3 is 0 Å². The second-order valence-corrected chi connectivity index (χ2v) is 3.89. The lowest BCUT2D eigenvalue weighted by molar-refractivity contribution is 0.591. The normalized spacial score (nSPS) is 12.0. The summed E-state index contributed by atoms with van der Waals surface area (Å²) in [5.74, 6) is 0. The topological polar surface area (TPSA) is 15.8 Å². The van der Waals surface area contributed by atoms with Gasteiger partial charge in [0.1, 0.15) is 5.15 Å². The second-order valence-electron chi connectivity index (χ2n) is 3.49. The molecule has 0 radical (unpaired) electrons. The average molecular weight is 158 g/mol. The van der Waals surface area contributed by atoms with Gasteiger partial charge in [0.15, 0.2) is 0 Å². The summed E-state index contributed by atoms with van der Waals surface area (Å²) >= 11 is 5.71. The summed E-state index contributed by atoms with van der Waals surface area (Å²) in [6.45, 7) is 6.48. The number of aromatic nitrogens is 1. The molecule has 0 fully saturated rings. The molecule has 1 nitrogen and oxygen atoms in total. The van der Waals surface area contributed by atoms with Crippen molar-refractivity contribution in [2.75, 3.05) is 0 Å². The van der Waals surface area contributed by atoms with Crippen molar-refractivity contribution in [1.29, 1.82) is 0 Å². The van der Waals surface area contributed by atoms with E-state index in [1.807, 2.05) is 12.3 Å². The van der Waals surface area contributed by atoms with Gasteiger partial charge in [-0.2, -0.15) is 0 Å². The van der Waals surface area contributed by atoms with Crippen molar-refractivity contribution in [2.45, 2.75) is 26.2 Å². The molecule has 1 rings (SSSR count). The van der Waals surface area contributed by atoms with Gasteiger partial charge in [0, 0.05) is 6.20 Å². The first kappa shape index (κ1) is 7.67. The van der Waals surface area contributed by atoms with Gasteiger partial charge in [-0.25, -0.2) is 0 Å². The van der Waals surface area contributed by atoms with Gasteiger partial charge in [0.2, 0.25) is 0 Å². The summed E-state index contributed by atoms with van der Waals surface area (Å²) in [6, 6.07) is 1.96. The molecule has 0 aliphatic carbocycles. The van der Waals surface area contributed by atoms with Crippen molar-refractivity contribution < 1.29 is 0 Å². The third-order valence-corrected chi connectivity index (χ3v) is 1.73. The molecule has 0 saturated heterocycles. The van der Waals surface area contributed by atoms with Crippen LogP contribution in [0.1, 0.15) is 26.3 Å². The van der Waals surface area contributed by atoms with E-state index in [4.69, 9.17) is 11.6 Å². The second kappa shape index (κ2) is 2.31. The average Bonchev–Trinajstić information content (AvgIpc) is 2.11. The summed E-state index contributed by atoms with van der Waals surface area (Å²) in [6.07, 6.45) is 1.95. The smallest absolute Gasteiger partial charge is 0.106 e. The van der Waals surface area contributed by atoms with E-state index >= 15 is 0 Å². The lowest BCUT2D eigenvalue weighted by atomic mass is 9.89. The van der Waals surface area contributed by atoms with Gasteiger partial charge in [-0.15, -0.1) is 0 Å². The lowest BCUT2D eigenvalue weighted by Gasteiger charge is -2.15. The van der Waals surface area contributed by atoms with Crippen LogP contribution >= 0.6 is 11.6 Å². The third-order valence-electron chi connectivity index (χ3n) is 1.51. The van der Waals surface area contributed by atoms with E-state index in [2.05, 4.69) is 25.8 Å². The van der Waals surface area contributed by atoms with Crippen LogP contribution in [0.25, 0.3) is 0 Å². The molecule has 0 aromatic carbocycles. The SMILES string of the molecule is CC(C)(C)c1c[nH]c(Cl)c1. The largest absolute Gasteiger partial charge is 0.352 e. The minimum absolute atomic E-state index is 0.198. The molecular formula is C8H12ClN. The summed E-state index contributed by atoms with van der Waals surface area (Å²) in [5.41, 5.74) is 1.45. The molecule has 0 aliphatic heterocycles. The number of aromatic amines is 1. The quantitative estimate of drug-likeness (QED) is 0.596. The zero-order chi connectivity index (χ0) is 7.78. The Morgan fingerprint density at radius 1 is 1.40 bits per heavy atom. The fourth-order valence-electron chi connectivity index (χ4n) is 0.800. The summed E-state index contributed by atoms with van der Waals surface area (Å²) in [7, 11) is 0. The maximum absolute atomic E-state index is 5.71. The van der Waals surface area contributed by atoms with Gasteiger partial charge < -0.3 is 4.98 Å². The minimum Gasteiger partial charge on any atom is -0.352 e. The Labute approximate surface area is 66.4 Å². The van der Waals surface area contributed by atoms with Crippen molar-refractivity contribution in [3.8, 4) is 0 Å². The Hall–Kier alpha value is -0.430. The van der Waals surface area contributed by atoms with Crippen LogP contribution in [0, 0.1) is 0 Å². The summed E-state index contributed by atoms with van der Waals surface area (Å²) < 4.78 is 0. The third kappa shape index (κ3) is 1.54. The van der Waals surface area contributed by atoms with Crippen LogP contribution in [-0.2, 0) is 5.41 Å². The van der Waals surface area contributed by atoms with E-state index in [1.54, 1.807) is 0 Å². The van der Waals surface area contributed by atoms with Gasteiger partial charge in [-0.05, 0) is 17.0 Å². The predicted octanol–water partition coefficient (Wildman–Crippen LogP) is 2.97. The molecule has 1 aromatic heterocycles. The van der Waals surface area contributed by atoms with Gasteiger partial charge in [0.25, 0.3) is 0 Å². The first-order valence-electron chi connectivity index (χ1n) is 3.34. The first-order valence-corrected chi connectivity index (χ1v) is 3.72. The molecular weight excluding hydrogens is 146 g/mol. The Kier molecular flexibility index (Phi) is 1.78. The molecule has 0 unspecified atom stereocenters. The van der Waals surface area contributed by atoms with E-state index in [0.29, 0.717) is 5.15 Å². The van der Waals surface area contributed by atoms with Crippen LogP contribution in [0.3, 0.4) is 0 Å². The van der Waals surface area contributed by atoms with Crippen molar-refractivity contribution >= 4 is 11.6 Å². The highest BCUT2D eigenvalue weighted by atomic mass is 35.5. The molecule has 0 amide bonds. The molecule has 0 aliphatic rings. The number of H-pyrrole nitrogens is 1. The van der Waals surface area contributed by atoms with Crippen LogP contribution in [0.15, 0.2) is 12.3 Å². The number of hydrogen-bond donors (Lipinski definition) is 1. The zero-order valence-corrected chi connectivity index (χ0v) is 7.29. The van der Waals surface area contributed by atoms with Gasteiger partial charge in [-0.3, -0.25) is 0 Å². The lowest BCUT2D eigenvalue weighted by Crippen LogP contribution is -2.08. The van der Waals surface area contributed by atoms with Gasteiger partial charge in [-0.1, -0.05) is 32.4 Å². The number of halogens is 1. The maximum atomic E-state index is 5.71. The Bertz CT molecular complexity index is 219. The standard InChI is InChI=1S/C8H12ClN/c1-8(2,3)6-4-7(9)10-5-6/h4-5,10H,1-3H3. The fourth-order valence-corrected chi connectivity index (χ4v) is 0.972. The predicted molar refractivity (Wildman–Crippen MR) is 44.5 cm³/mol. The highest BCUT2D eigenvalue weighted by Crippen LogP contribution is 2.23. The molecule has 10 heavy (non-hydrogen) atoms. The van der Waals surface area contributed by atoms with E-state index < -0.39 is 0 Å². The molecule has 56 valence electrons. The van der Waals surface area contributed by atoms with Crippen LogP contribution in [0.5, 0.6) is 0 Å². The van der Waals surface area contributed by atoms with Crippen LogP contribution in [0.2, 0.25) is 5.15 Å². The van der Waals surface area contributed by atoms with Crippen molar-refractivity contribution in [3.05, 3.63) is 23.0 Å². The van der Waals surface area contributed by atoms with E-state index in [9.17, 15) is 0 Å². The monoisotopic (exact) mass is 157 g/mol. The highest BCUT2D eigenvalue weighted by Gasteiger charge is 2.14. The number of nitrogens with one attached hydrogen (secondary N) is 1. The van der Waals surface area contributed by atoms with E-state index in [-0.39, 0.29) is 5.41 Å². The molecule has 0 atom stereocenters. The Balaban J connectivity index is 2.96. The van der Waals surface area contributed by atoms with Crippen LogP contribution in [-0.4, -0.2) is 4.98 Å². The Morgan fingerprint density at radius 3 is 2.20 bits per heavy atom.